The van der Waals surface area contributed by atoms with Crippen LogP contribution in [-0.2, 0) is 4.79 Å². The van der Waals surface area contributed by atoms with Gasteiger partial charge >= 0.3 is 5.97 Å². The summed E-state index contributed by atoms with van der Waals surface area (Å²) in [5, 5.41) is 22.7. The molecule has 0 amide bonds. The smallest absolute Gasteiger partial charge is 0.303 e. The van der Waals surface area contributed by atoms with E-state index in [9.17, 15) is 15.1 Å². The Hall–Kier alpha value is -1.06. The van der Waals surface area contributed by atoms with E-state index in [1.54, 1.807) is 0 Å². The van der Waals surface area contributed by atoms with Gasteiger partial charge < -0.3 is 10.3 Å². The van der Waals surface area contributed by atoms with Gasteiger partial charge in [0.1, 0.15) is 0 Å². The van der Waals surface area contributed by atoms with E-state index in [0.717, 1.165) is 48.6 Å². The minimum Gasteiger partial charge on any atom is -0.481 e. The van der Waals surface area contributed by atoms with Crippen molar-refractivity contribution in [2.45, 2.75) is 105 Å². The summed E-state index contributed by atoms with van der Waals surface area (Å²) in [6, 6.07) is 0. The van der Waals surface area contributed by atoms with Crippen molar-refractivity contribution >= 4 is 11.7 Å². The lowest BCUT2D eigenvalue weighted by atomic mass is 9.47. The zero-order valence-electron chi connectivity index (χ0n) is 20.0. The zero-order valence-corrected chi connectivity index (χ0v) is 20.0. The topological polar surface area (TPSA) is 69.9 Å². The van der Waals surface area contributed by atoms with Gasteiger partial charge in [-0.05, 0) is 85.9 Å². The molecular formula is C26H45NO3. The molecule has 4 heteroatoms. The molecule has 0 heterocycles. The number of carboxylic acid groups (broad SMARTS) is 1. The predicted molar refractivity (Wildman–Crippen MR) is 122 cm³/mol. The Kier molecular flexibility index (Phi) is 7.24. The Bertz CT molecular complexity index is 644. The monoisotopic (exact) mass is 419 g/mol. The third-order valence-corrected chi connectivity index (χ3v) is 9.81. The largest absolute Gasteiger partial charge is 0.481 e. The van der Waals surface area contributed by atoms with Gasteiger partial charge in [0.05, 0.1) is 5.71 Å². The number of aliphatic carboxylic acids is 1. The molecule has 3 fully saturated rings. The summed E-state index contributed by atoms with van der Waals surface area (Å²) in [7, 11) is 0. The van der Waals surface area contributed by atoms with Crippen LogP contribution >= 0.6 is 0 Å². The molecule has 0 saturated heterocycles. The van der Waals surface area contributed by atoms with Crippen LogP contribution < -0.4 is 0 Å². The van der Waals surface area contributed by atoms with Crippen molar-refractivity contribution in [3.8, 4) is 0 Å². The molecule has 0 aromatic heterocycles. The van der Waals surface area contributed by atoms with Crippen LogP contribution in [0.25, 0.3) is 0 Å². The Labute approximate surface area is 183 Å². The summed E-state index contributed by atoms with van der Waals surface area (Å²) >= 11 is 0. The fraction of sp³-hybridized carbons (Fsp3) is 0.923. The lowest BCUT2D eigenvalue weighted by molar-refractivity contribution is -0.138. The van der Waals surface area contributed by atoms with Crippen LogP contribution in [-0.4, -0.2) is 22.0 Å². The summed E-state index contributed by atoms with van der Waals surface area (Å²) in [4.78, 5) is 11.3. The van der Waals surface area contributed by atoms with E-state index >= 15 is 0 Å². The molecule has 0 bridgehead atoms. The average Bonchev–Trinajstić information content (AvgIpc) is 3.04. The molecule has 3 aliphatic rings. The Morgan fingerprint density at radius 2 is 1.83 bits per heavy atom. The van der Waals surface area contributed by atoms with Crippen molar-refractivity contribution in [2.24, 2.45) is 51.5 Å². The fourth-order valence-electron chi connectivity index (χ4n) is 8.17. The maximum atomic E-state index is 11.3. The van der Waals surface area contributed by atoms with Gasteiger partial charge in [-0.2, -0.15) is 0 Å². The van der Waals surface area contributed by atoms with E-state index in [4.69, 9.17) is 0 Å². The van der Waals surface area contributed by atoms with Crippen LogP contribution in [0.4, 0.5) is 0 Å². The van der Waals surface area contributed by atoms with E-state index in [1.165, 1.54) is 38.5 Å². The summed E-state index contributed by atoms with van der Waals surface area (Å²) in [6.07, 6.45) is 11.8. The first kappa shape index (κ1) is 23.6. The maximum Gasteiger partial charge on any atom is 0.303 e. The van der Waals surface area contributed by atoms with Gasteiger partial charge in [0.25, 0.3) is 0 Å². The third-order valence-electron chi connectivity index (χ3n) is 9.81. The van der Waals surface area contributed by atoms with Gasteiger partial charge in [-0.3, -0.25) is 4.79 Å². The van der Waals surface area contributed by atoms with E-state index < -0.39 is 5.97 Å². The summed E-state index contributed by atoms with van der Waals surface area (Å²) in [5.41, 5.74) is 1.02. The highest BCUT2D eigenvalue weighted by molar-refractivity contribution is 5.91. The van der Waals surface area contributed by atoms with Gasteiger partial charge in [-0.15, -0.1) is 0 Å². The normalized spacial score (nSPS) is 40.9. The molecule has 7 atom stereocenters. The second kappa shape index (κ2) is 9.20. The van der Waals surface area contributed by atoms with Gasteiger partial charge in [0, 0.05) is 11.8 Å². The van der Waals surface area contributed by atoms with Crippen LogP contribution in [0.3, 0.4) is 0 Å². The van der Waals surface area contributed by atoms with Crippen molar-refractivity contribution in [1.29, 1.82) is 0 Å². The van der Waals surface area contributed by atoms with Gasteiger partial charge in [0.2, 0.25) is 0 Å². The number of carboxylic acids is 1. The van der Waals surface area contributed by atoms with E-state index in [-0.39, 0.29) is 11.8 Å². The molecule has 172 valence electrons. The SMILES string of the molecule is CC(C)CCC[C@@H](C)[C@H]1CC[C@H]2[C@@H]3CC/C(=N\O)[C@](C)(CCC(=O)O)[C@H]3CC[C@]12C. The fourth-order valence-corrected chi connectivity index (χ4v) is 8.17. The highest BCUT2D eigenvalue weighted by Gasteiger charge is 2.59. The molecule has 0 unspecified atom stereocenters. The second-order valence-electron chi connectivity index (χ2n) is 11.8. The number of rotatable bonds is 8. The highest BCUT2D eigenvalue weighted by Crippen LogP contribution is 2.66. The summed E-state index contributed by atoms with van der Waals surface area (Å²) in [6.45, 7) is 11.9. The van der Waals surface area contributed by atoms with E-state index in [2.05, 4.69) is 39.8 Å². The summed E-state index contributed by atoms with van der Waals surface area (Å²) < 4.78 is 0. The molecule has 0 aromatic carbocycles. The molecule has 30 heavy (non-hydrogen) atoms. The van der Waals surface area contributed by atoms with Crippen LogP contribution in [0.15, 0.2) is 5.16 Å². The molecule has 4 nitrogen and oxygen atoms in total. The lowest BCUT2D eigenvalue weighted by Crippen LogP contribution is -2.52. The Balaban J connectivity index is 1.76. The Morgan fingerprint density at radius 1 is 1.10 bits per heavy atom. The van der Waals surface area contributed by atoms with Crippen LogP contribution in [0.5, 0.6) is 0 Å². The number of hydrogen-bond acceptors (Lipinski definition) is 3. The first-order valence-electron chi connectivity index (χ1n) is 12.6. The van der Waals surface area contributed by atoms with Crippen molar-refractivity contribution in [1.82, 2.24) is 0 Å². The third kappa shape index (κ3) is 4.30. The zero-order chi connectivity index (χ0) is 22.1. The first-order chi connectivity index (χ1) is 14.1. The molecule has 0 radical (unpaired) electrons. The van der Waals surface area contributed by atoms with Crippen molar-refractivity contribution in [3.63, 3.8) is 0 Å². The number of oxime groups is 1. The van der Waals surface area contributed by atoms with Crippen molar-refractivity contribution in [3.05, 3.63) is 0 Å². The van der Waals surface area contributed by atoms with Crippen LogP contribution in [0, 0.1) is 46.3 Å². The van der Waals surface area contributed by atoms with Gasteiger partial charge in [-0.1, -0.05) is 59.0 Å². The van der Waals surface area contributed by atoms with Crippen LogP contribution in [0.1, 0.15) is 105 Å². The summed E-state index contributed by atoms with van der Waals surface area (Å²) in [5.74, 6) is 3.55. The molecule has 0 aromatic rings. The van der Waals surface area contributed by atoms with E-state index in [1.807, 2.05) is 0 Å². The molecule has 0 spiro atoms. The molecule has 3 rings (SSSR count). The molecule has 3 saturated carbocycles. The maximum absolute atomic E-state index is 11.3. The minimum absolute atomic E-state index is 0.163. The van der Waals surface area contributed by atoms with Crippen LogP contribution in [0.2, 0.25) is 0 Å². The quantitative estimate of drug-likeness (QED) is 0.328. The average molecular weight is 420 g/mol. The van der Waals surface area contributed by atoms with Gasteiger partial charge in [0.15, 0.2) is 0 Å². The molecule has 2 N–H and O–H groups in total. The number of carbonyl (C=O) groups is 1. The predicted octanol–water partition coefficient (Wildman–Crippen LogP) is 7.00. The highest BCUT2D eigenvalue weighted by atomic mass is 16.4. The minimum atomic E-state index is -0.743. The molecular weight excluding hydrogens is 374 g/mol. The Morgan fingerprint density at radius 3 is 2.47 bits per heavy atom. The van der Waals surface area contributed by atoms with Crippen molar-refractivity contribution in [2.75, 3.05) is 0 Å². The van der Waals surface area contributed by atoms with Gasteiger partial charge in [-0.25, -0.2) is 0 Å². The molecule has 3 aliphatic carbocycles. The molecule has 0 aliphatic heterocycles. The van der Waals surface area contributed by atoms with Crippen molar-refractivity contribution < 1.29 is 15.1 Å². The first-order valence-corrected chi connectivity index (χ1v) is 12.6. The van der Waals surface area contributed by atoms with E-state index in [0.29, 0.717) is 23.7 Å². The number of nitrogens with zero attached hydrogens (tertiary/aromatic N) is 1. The number of hydrogen-bond donors (Lipinski definition) is 2. The number of fused-ring (bicyclic) bond motifs is 3. The lowest BCUT2D eigenvalue weighted by Gasteiger charge is -2.57. The second-order valence-corrected chi connectivity index (χ2v) is 11.8. The standard InChI is InChI=1S/C26H45NO3/c1-17(2)7-6-8-18(3)20-10-11-21-19-9-12-23(27-30)26(5,16-14-24(28)29)22(19)13-15-25(20,21)4/h17-22,30H,6-16H2,1-5H3,(H,28,29)/b27-23+/t18-,19+,20-,21+,22+,25-,26-/m1/s1.